The van der Waals surface area contributed by atoms with E-state index in [9.17, 15) is 5.11 Å². The molecule has 0 radical (unpaired) electrons. The number of hydrogen-bond donors (Lipinski definition) is 1. The molecular weight excluding hydrogens is 428 g/mol. The van der Waals surface area contributed by atoms with Crippen LogP contribution >= 0.6 is 0 Å². The van der Waals surface area contributed by atoms with Crippen molar-refractivity contribution in [2.75, 3.05) is 19.6 Å². The number of β-amino-alcohol motifs (C(OH)–C–C–N with tert-alkyl or cyclic N) is 1. The first-order valence-electron chi connectivity index (χ1n) is 12.1. The lowest BCUT2D eigenvalue weighted by Gasteiger charge is -2.28. The van der Waals surface area contributed by atoms with Crippen molar-refractivity contribution in [2.24, 2.45) is 0 Å². The van der Waals surface area contributed by atoms with Crippen molar-refractivity contribution < 1.29 is 14.2 Å². The van der Waals surface area contributed by atoms with Gasteiger partial charge in [0.25, 0.3) is 5.89 Å². The molecule has 0 spiro atoms. The molecule has 1 fully saturated rings. The third-order valence-electron chi connectivity index (χ3n) is 6.39. The first kappa shape index (κ1) is 22.5. The van der Waals surface area contributed by atoms with Gasteiger partial charge in [-0.2, -0.15) is 4.98 Å². The van der Waals surface area contributed by atoms with Crippen LogP contribution in [0.25, 0.3) is 34.3 Å². The Morgan fingerprint density at radius 3 is 2.41 bits per heavy atom. The van der Waals surface area contributed by atoms with Crippen molar-refractivity contribution in [1.29, 1.82) is 0 Å². The second-order valence-corrected chi connectivity index (χ2v) is 8.88. The average Bonchev–Trinajstić information content (AvgIpc) is 3.53. The van der Waals surface area contributed by atoms with Crippen LogP contribution in [-0.2, 0) is 6.42 Å². The summed E-state index contributed by atoms with van der Waals surface area (Å²) in [6.45, 7) is 4.91. The molecule has 0 saturated carbocycles. The summed E-state index contributed by atoms with van der Waals surface area (Å²) in [4.78, 5) is 6.93. The molecule has 2 aromatic carbocycles. The quantitative estimate of drug-likeness (QED) is 0.371. The normalized spacial score (nSPS) is 15.5. The van der Waals surface area contributed by atoms with E-state index in [0.717, 1.165) is 53.9 Å². The van der Waals surface area contributed by atoms with Crippen molar-refractivity contribution >= 4 is 0 Å². The van der Waals surface area contributed by atoms with Gasteiger partial charge < -0.3 is 19.1 Å². The SMILES string of the molecule is CCCc1c(-c2nc(-c3ccc(C(O)CN4CCCCC4)cc3)no2)noc1-c1ccccc1. The highest BCUT2D eigenvalue weighted by atomic mass is 16.5. The zero-order valence-corrected chi connectivity index (χ0v) is 19.5. The highest BCUT2D eigenvalue weighted by Gasteiger charge is 2.23. The summed E-state index contributed by atoms with van der Waals surface area (Å²) in [5.74, 6) is 1.57. The van der Waals surface area contributed by atoms with Crippen LogP contribution in [0, 0.1) is 0 Å². The molecule has 1 N–H and O–H groups in total. The second kappa shape index (κ2) is 10.3. The Labute approximate surface area is 199 Å². The van der Waals surface area contributed by atoms with Crippen LogP contribution in [0.5, 0.6) is 0 Å². The lowest BCUT2D eigenvalue weighted by atomic mass is 10.0. The lowest BCUT2D eigenvalue weighted by molar-refractivity contribution is 0.101. The fourth-order valence-electron chi connectivity index (χ4n) is 4.56. The molecule has 1 atom stereocenters. The Morgan fingerprint density at radius 1 is 0.912 bits per heavy atom. The number of aromatic nitrogens is 3. The maximum Gasteiger partial charge on any atom is 0.280 e. The summed E-state index contributed by atoms with van der Waals surface area (Å²) in [6, 6.07) is 17.7. The maximum atomic E-state index is 10.7. The minimum Gasteiger partial charge on any atom is -0.387 e. The van der Waals surface area contributed by atoms with Crippen molar-refractivity contribution in [2.45, 2.75) is 45.1 Å². The van der Waals surface area contributed by atoms with E-state index in [1.807, 2.05) is 54.6 Å². The predicted molar refractivity (Wildman–Crippen MR) is 130 cm³/mol. The van der Waals surface area contributed by atoms with Gasteiger partial charge in [-0.15, -0.1) is 0 Å². The average molecular weight is 459 g/mol. The molecular formula is C27H30N4O3. The van der Waals surface area contributed by atoms with Crippen LogP contribution in [0.1, 0.15) is 49.8 Å². The molecule has 7 nitrogen and oxygen atoms in total. The number of rotatable bonds is 8. The van der Waals surface area contributed by atoms with Crippen molar-refractivity contribution in [1.82, 2.24) is 20.2 Å². The summed E-state index contributed by atoms with van der Waals surface area (Å²) < 4.78 is 11.3. The topological polar surface area (TPSA) is 88.4 Å². The van der Waals surface area contributed by atoms with Gasteiger partial charge in [-0.1, -0.05) is 84.7 Å². The van der Waals surface area contributed by atoms with Crippen molar-refractivity contribution in [3.05, 3.63) is 65.7 Å². The molecule has 34 heavy (non-hydrogen) atoms. The Bertz CT molecular complexity index is 1190. The fraction of sp³-hybridized carbons (Fsp3) is 0.370. The van der Waals surface area contributed by atoms with E-state index in [4.69, 9.17) is 9.05 Å². The van der Waals surface area contributed by atoms with E-state index in [-0.39, 0.29) is 0 Å². The zero-order valence-electron chi connectivity index (χ0n) is 19.5. The van der Waals surface area contributed by atoms with Crippen LogP contribution in [0.3, 0.4) is 0 Å². The van der Waals surface area contributed by atoms with Gasteiger partial charge in [0.15, 0.2) is 11.5 Å². The van der Waals surface area contributed by atoms with Gasteiger partial charge in [0.2, 0.25) is 5.82 Å². The molecule has 0 aliphatic carbocycles. The van der Waals surface area contributed by atoms with E-state index in [0.29, 0.717) is 24.0 Å². The number of nitrogens with zero attached hydrogens (tertiary/aromatic N) is 4. The molecule has 1 saturated heterocycles. The van der Waals surface area contributed by atoms with Gasteiger partial charge in [-0.25, -0.2) is 0 Å². The number of aliphatic hydroxyl groups excluding tert-OH is 1. The minimum atomic E-state index is -0.504. The number of benzene rings is 2. The van der Waals surface area contributed by atoms with Gasteiger partial charge >= 0.3 is 0 Å². The molecule has 176 valence electrons. The first-order chi connectivity index (χ1) is 16.7. The maximum absolute atomic E-state index is 10.7. The predicted octanol–water partition coefficient (Wildman–Crippen LogP) is 5.53. The minimum absolute atomic E-state index is 0.346. The third kappa shape index (κ3) is 4.81. The van der Waals surface area contributed by atoms with Gasteiger partial charge in [0, 0.05) is 23.2 Å². The largest absolute Gasteiger partial charge is 0.387 e. The Kier molecular flexibility index (Phi) is 6.83. The third-order valence-corrected chi connectivity index (χ3v) is 6.39. The molecule has 7 heteroatoms. The second-order valence-electron chi connectivity index (χ2n) is 8.88. The smallest absolute Gasteiger partial charge is 0.280 e. The summed E-state index contributed by atoms with van der Waals surface area (Å²) in [6.07, 6.45) is 4.95. The highest BCUT2D eigenvalue weighted by molar-refractivity contribution is 5.69. The van der Waals surface area contributed by atoms with Crippen LogP contribution in [0.15, 0.2) is 63.6 Å². The molecule has 0 amide bonds. The fourth-order valence-corrected chi connectivity index (χ4v) is 4.56. The van der Waals surface area contributed by atoms with E-state index < -0.39 is 6.10 Å². The Hall–Kier alpha value is -3.29. The molecule has 2 aromatic heterocycles. The molecule has 0 bridgehead atoms. The van der Waals surface area contributed by atoms with E-state index in [1.54, 1.807) is 0 Å². The van der Waals surface area contributed by atoms with E-state index in [1.165, 1.54) is 19.3 Å². The molecule has 5 rings (SSSR count). The molecule has 1 aliphatic rings. The number of likely N-dealkylation sites (tertiary alicyclic amines) is 1. The first-order valence-corrected chi connectivity index (χ1v) is 12.1. The summed E-state index contributed by atoms with van der Waals surface area (Å²) in [5.41, 5.74) is 4.26. The Balaban J connectivity index is 1.34. The molecule has 4 aromatic rings. The number of hydrogen-bond acceptors (Lipinski definition) is 7. The van der Waals surface area contributed by atoms with Gasteiger partial charge in [0.05, 0.1) is 6.10 Å². The monoisotopic (exact) mass is 458 g/mol. The van der Waals surface area contributed by atoms with Gasteiger partial charge in [0.1, 0.15) is 0 Å². The van der Waals surface area contributed by atoms with Crippen LogP contribution in [0.2, 0.25) is 0 Å². The van der Waals surface area contributed by atoms with E-state index >= 15 is 0 Å². The summed E-state index contributed by atoms with van der Waals surface area (Å²) in [5, 5.41) is 19.1. The van der Waals surface area contributed by atoms with Crippen molar-refractivity contribution in [3.63, 3.8) is 0 Å². The number of piperidine rings is 1. The zero-order chi connectivity index (χ0) is 23.3. The van der Waals surface area contributed by atoms with Crippen molar-refractivity contribution in [3.8, 4) is 34.3 Å². The molecule has 1 aliphatic heterocycles. The van der Waals surface area contributed by atoms with Gasteiger partial charge in [-0.05, 0) is 37.9 Å². The summed E-state index contributed by atoms with van der Waals surface area (Å²) in [7, 11) is 0. The number of aliphatic hydroxyl groups is 1. The standard InChI is InChI=1S/C27H30N4O3/c1-2-9-22-24(29-33-25(22)20-10-5-3-6-11-20)27-28-26(30-34-27)21-14-12-19(13-15-21)23(32)18-31-16-7-4-8-17-31/h3,5-6,10-15,23,32H,2,4,7-9,16-18H2,1H3. The molecule has 3 heterocycles. The van der Waals surface area contributed by atoms with E-state index in [2.05, 4.69) is 27.1 Å². The van der Waals surface area contributed by atoms with Crippen LogP contribution in [-0.4, -0.2) is 44.9 Å². The highest BCUT2D eigenvalue weighted by Crippen LogP contribution is 2.33. The van der Waals surface area contributed by atoms with Crippen LogP contribution in [0.4, 0.5) is 0 Å². The van der Waals surface area contributed by atoms with Gasteiger partial charge in [-0.3, -0.25) is 0 Å². The van der Waals surface area contributed by atoms with Crippen LogP contribution < -0.4 is 0 Å². The Morgan fingerprint density at radius 2 is 1.68 bits per heavy atom. The summed E-state index contributed by atoms with van der Waals surface area (Å²) >= 11 is 0. The lowest BCUT2D eigenvalue weighted by Crippen LogP contribution is -2.33. The molecule has 1 unspecified atom stereocenters.